The second-order valence-corrected chi connectivity index (χ2v) is 25.1. The first-order valence-electron chi connectivity index (χ1n) is 34.1. The van der Waals surface area contributed by atoms with Crippen LogP contribution in [-0.4, -0.2) is 95.9 Å². The zero-order valence-electron chi connectivity index (χ0n) is 56.0. The number of phosphoric ester groups is 2. The van der Waals surface area contributed by atoms with E-state index < -0.39 is 91.5 Å². The number of rotatable bonds is 63. The first-order valence-corrected chi connectivity index (χ1v) is 37.1. The van der Waals surface area contributed by atoms with E-state index in [0.29, 0.717) is 19.3 Å². The van der Waals surface area contributed by atoms with Gasteiger partial charge in [0.05, 0.1) is 26.4 Å². The number of aliphatic hydroxyl groups is 2. The van der Waals surface area contributed by atoms with Crippen molar-refractivity contribution in [2.45, 2.75) is 257 Å². The highest BCUT2D eigenvalue weighted by molar-refractivity contribution is 7.47. The zero-order chi connectivity index (χ0) is 66.7. The number of ether oxygens (including phenoxy) is 3. The topological polar surface area (TPSA) is 231 Å². The molecule has 0 fully saturated rings. The molecule has 4 N–H and O–H groups in total. The van der Waals surface area contributed by atoms with Crippen molar-refractivity contribution >= 4 is 33.6 Å². The van der Waals surface area contributed by atoms with E-state index in [4.69, 9.17) is 32.3 Å². The van der Waals surface area contributed by atoms with Gasteiger partial charge in [-0.2, -0.15) is 0 Å². The van der Waals surface area contributed by atoms with Crippen molar-refractivity contribution in [1.82, 2.24) is 0 Å². The summed E-state index contributed by atoms with van der Waals surface area (Å²) in [5, 5.41) is 20.5. The standard InChI is InChI=1S/C73H120O16P2/c1-4-7-10-13-16-19-22-25-27-29-31-33-35-37-39-42-44-47-50-53-56-59-71(76)83-62-68(74)63-85-90(79,80)86-64-69(75)65-87-91(81,82)88-67-70(89-73(78)61-58-55-52-49-46-41-24-21-18-15-12-9-6-3)66-84-72(77)60-57-54-51-48-45-43-40-38-36-34-32-30-28-26-23-20-17-14-11-8-5-2/h7-8,10-12,15-17,19-21,24-28,31-34,37-40,68-70,74-75H,4-6,9,13-14,18,22-23,29-30,35-36,41-67H2,1-3H3,(H,79,80)(H,81,82)/b10-7-,11-8-,15-12-,19-16-,20-17-,24-21-,27-25-,28-26-,33-31-,34-32-,39-37-,40-38-. The van der Waals surface area contributed by atoms with Gasteiger partial charge in [-0.15, -0.1) is 0 Å². The number of phosphoric acid groups is 2. The molecule has 5 atom stereocenters. The number of carbonyl (C=O) groups is 3. The van der Waals surface area contributed by atoms with Crippen molar-refractivity contribution in [3.8, 4) is 0 Å². The summed E-state index contributed by atoms with van der Waals surface area (Å²) in [4.78, 5) is 58.4. The lowest BCUT2D eigenvalue weighted by Gasteiger charge is -2.21. The van der Waals surface area contributed by atoms with Crippen LogP contribution in [0.1, 0.15) is 239 Å². The molecule has 0 aromatic rings. The Bertz CT molecular complexity index is 2240. The molecule has 0 saturated heterocycles. The third-order valence-electron chi connectivity index (χ3n) is 13.5. The molecular formula is C73H120O16P2. The van der Waals surface area contributed by atoms with Crippen LogP contribution >= 0.6 is 15.6 Å². The maximum atomic E-state index is 12.9. The maximum absolute atomic E-state index is 12.9. The van der Waals surface area contributed by atoms with Crippen LogP contribution in [0.25, 0.3) is 0 Å². The lowest BCUT2D eigenvalue weighted by Crippen LogP contribution is -2.30. The van der Waals surface area contributed by atoms with Crippen LogP contribution in [0.15, 0.2) is 146 Å². The van der Waals surface area contributed by atoms with E-state index in [1.54, 1.807) is 0 Å². The predicted octanol–water partition coefficient (Wildman–Crippen LogP) is 19.0. The summed E-state index contributed by atoms with van der Waals surface area (Å²) in [5.41, 5.74) is 0. The lowest BCUT2D eigenvalue weighted by atomic mass is 10.1. The van der Waals surface area contributed by atoms with E-state index in [-0.39, 0.29) is 19.3 Å². The van der Waals surface area contributed by atoms with E-state index in [9.17, 15) is 43.5 Å². The number of hydrogen-bond acceptors (Lipinski definition) is 14. The Morgan fingerprint density at radius 1 is 0.319 bits per heavy atom. The van der Waals surface area contributed by atoms with Crippen molar-refractivity contribution < 1.29 is 75.8 Å². The fourth-order valence-corrected chi connectivity index (χ4v) is 9.95. The highest BCUT2D eigenvalue weighted by Gasteiger charge is 2.29. The molecule has 0 bridgehead atoms. The quantitative estimate of drug-likeness (QED) is 0.0146. The Hall–Kier alpha value is -4.57. The Morgan fingerprint density at radius 3 is 0.923 bits per heavy atom. The molecule has 0 aliphatic rings. The molecule has 0 saturated carbocycles. The van der Waals surface area contributed by atoms with E-state index in [2.05, 4.69) is 167 Å². The van der Waals surface area contributed by atoms with E-state index in [0.717, 1.165) is 180 Å². The van der Waals surface area contributed by atoms with Gasteiger partial charge >= 0.3 is 33.6 Å². The van der Waals surface area contributed by atoms with Crippen molar-refractivity contribution in [3.63, 3.8) is 0 Å². The maximum Gasteiger partial charge on any atom is 0.472 e. The van der Waals surface area contributed by atoms with Crippen LogP contribution in [0, 0.1) is 0 Å². The van der Waals surface area contributed by atoms with Crippen LogP contribution in [0.5, 0.6) is 0 Å². The van der Waals surface area contributed by atoms with Crippen LogP contribution in [0.4, 0.5) is 0 Å². The van der Waals surface area contributed by atoms with Gasteiger partial charge in [0.2, 0.25) is 0 Å². The molecule has 0 aliphatic carbocycles. The molecule has 5 unspecified atom stereocenters. The average Bonchev–Trinajstić information content (AvgIpc) is 3.75. The molecule has 16 nitrogen and oxygen atoms in total. The van der Waals surface area contributed by atoms with E-state index in [1.807, 2.05) is 0 Å². The molecule has 0 aromatic heterocycles. The van der Waals surface area contributed by atoms with Gasteiger partial charge in [0, 0.05) is 19.3 Å². The zero-order valence-corrected chi connectivity index (χ0v) is 57.7. The number of esters is 3. The summed E-state index contributed by atoms with van der Waals surface area (Å²) in [5.74, 6) is -1.64. The van der Waals surface area contributed by atoms with Crippen LogP contribution in [0.3, 0.4) is 0 Å². The first-order chi connectivity index (χ1) is 44.2. The van der Waals surface area contributed by atoms with Crippen molar-refractivity contribution in [3.05, 3.63) is 146 Å². The van der Waals surface area contributed by atoms with Gasteiger partial charge < -0.3 is 34.2 Å². The number of hydrogen-bond donors (Lipinski definition) is 4. The molecule has 0 rings (SSSR count). The van der Waals surface area contributed by atoms with Crippen LogP contribution in [-0.2, 0) is 55.8 Å². The summed E-state index contributed by atoms with van der Waals surface area (Å²) in [6.07, 6.45) is 77.5. The van der Waals surface area contributed by atoms with E-state index in [1.165, 1.54) is 0 Å². The fourth-order valence-electron chi connectivity index (χ4n) is 8.37. The minimum atomic E-state index is -4.94. The highest BCUT2D eigenvalue weighted by atomic mass is 31.2. The number of allylic oxidation sites excluding steroid dienone is 24. The van der Waals surface area contributed by atoms with Gasteiger partial charge in [0.1, 0.15) is 25.4 Å². The molecule has 91 heavy (non-hydrogen) atoms. The second-order valence-electron chi connectivity index (χ2n) is 22.2. The summed E-state index contributed by atoms with van der Waals surface area (Å²) in [7, 11) is -9.80. The lowest BCUT2D eigenvalue weighted by molar-refractivity contribution is -0.161. The summed E-state index contributed by atoms with van der Waals surface area (Å²) in [6.45, 7) is 2.28. The van der Waals surface area contributed by atoms with Gasteiger partial charge in [0.25, 0.3) is 0 Å². The van der Waals surface area contributed by atoms with Gasteiger partial charge in [-0.05, 0) is 135 Å². The highest BCUT2D eigenvalue weighted by Crippen LogP contribution is 2.45. The molecule has 0 heterocycles. The minimum absolute atomic E-state index is 0.0782. The molecule has 0 aromatic carbocycles. The van der Waals surface area contributed by atoms with Crippen molar-refractivity contribution in [2.75, 3.05) is 39.6 Å². The van der Waals surface area contributed by atoms with Crippen molar-refractivity contribution in [1.29, 1.82) is 0 Å². The Morgan fingerprint density at radius 2 is 0.582 bits per heavy atom. The van der Waals surface area contributed by atoms with E-state index >= 15 is 0 Å². The van der Waals surface area contributed by atoms with Crippen LogP contribution < -0.4 is 0 Å². The summed E-state index contributed by atoms with van der Waals surface area (Å²) < 4.78 is 60.8. The normalized spacial score (nSPS) is 15.1. The largest absolute Gasteiger partial charge is 0.472 e. The Kier molecular flexibility index (Phi) is 62.2. The third-order valence-corrected chi connectivity index (χ3v) is 15.4. The predicted molar refractivity (Wildman–Crippen MR) is 371 cm³/mol. The summed E-state index contributed by atoms with van der Waals surface area (Å²) >= 11 is 0. The van der Waals surface area contributed by atoms with Crippen molar-refractivity contribution in [2.24, 2.45) is 0 Å². The average molecular weight is 1320 g/mol. The van der Waals surface area contributed by atoms with Gasteiger partial charge in [0.15, 0.2) is 6.10 Å². The van der Waals surface area contributed by atoms with Crippen LogP contribution in [0.2, 0.25) is 0 Å². The third kappa shape index (κ3) is 66.7. The molecule has 518 valence electrons. The molecule has 0 spiro atoms. The number of unbranched alkanes of at least 4 members (excludes halogenated alkanes) is 16. The molecular weight excluding hydrogens is 1190 g/mol. The number of carbonyl (C=O) groups excluding carboxylic acids is 3. The molecule has 18 heteroatoms. The van der Waals surface area contributed by atoms with Gasteiger partial charge in [-0.25, -0.2) is 9.13 Å². The SMILES string of the molecule is CC/C=C\C/C=C\C/C=C\C/C=C\C/C=C\CCCCCCCC(=O)OCC(O)COP(=O)(O)OCC(O)COP(=O)(O)OCC(COC(=O)CCCCCCC/C=C\C/C=C\C/C=C\C/C=C\C/C=C\CC)OC(=O)CCCCCCC/C=C\C/C=C\CCC. The van der Waals surface area contributed by atoms with Gasteiger partial charge in [-0.1, -0.05) is 231 Å². The Labute approximate surface area is 549 Å². The molecule has 0 radical (unpaired) electrons. The minimum Gasteiger partial charge on any atom is -0.463 e. The van der Waals surface area contributed by atoms with Gasteiger partial charge in [-0.3, -0.25) is 32.5 Å². The first kappa shape index (κ1) is 86.4. The second kappa shape index (κ2) is 65.5. The summed E-state index contributed by atoms with van der Waals surface area (Å²) in [6, 6.07) is 0. The molecule has 0 amide bonds. The molecule has 0 aliphatic heterocycles. The monoisotopic (exact) mass is 1310 g/mol. The smallest absolute Gasteiger partial charge is 0.463 e. The number of aliphatic hydroxyl groups excluding tert-OH is 2. The fraction of sp³-hybridized carbons (Fsp3) is 0.630. The Balaban J connectivity index is 4.69.